The van der Waals surface area contributed by atoms with Crippen LogP contribution in [-0.4, -0.2) is 33.3 Å². The lowest BCUT2D eigenvalue weighted by Crippen LogP contribution is -2.30. The van der Waals surface area contributed by atoms with Gasteiger partial charge in [0.15, 0.2) is 0 Å². The van der Waals surface area contributed by atoms with Crippen LogP contribution in [0.1, 0.15) is 36.2 Å². The molecule has 0 aliphatic carbocycles. The molecule has 4 nitrogen and oxygen atoms in total. The van der Waals surface area contributed by atoms with Gasteiger partial charge in [-0.3, -0.25) is 0 Å². The normalized spacial score (nSPS) is 11.4. The summed E-state index contributed by atoms with van der Waals surface area (Å²) in [5.41, 5.74) is 1.94. The number of hydrogen-bond donors (Lipinski definition) is 1. The number of benzene rings is 1. The molecule has 1 N–H and O–H groups in total. The molecule has 0 saturated carbocycles. The summed E-state index contributed by atoms with van der Waals surface area (Å²) in [5.74, 6) is -0.301. The van der Waals surface area contributed by atoms with Gasteiger partial charge in [0.05, 0.1) is 12.7 Å². The molecule has 0 amide bonds. The fraction of sp³-hybridized carbons (Fsp3) is 0.562. The molecule has 0 aromatic heterocycles. The maximum Gasteiger partial charge on any atom is 0.337 e. The number of hydrogen-bond acceptors (Lipinski definition) is 4. The minimum absolute atomic E-state index is 0.210. The number of carbonyl (C=O) groups excluding carboxylic acids is 1. The van der Waals surface area contributed by atoms with Crippen molar-refractivity contribution >= 4 is 5.97 Å². The van der Waals surface area contributed by atoms with E-state index in [0.717, 1.165) is 31.7 Å². The van der Waals surface area contributed by atoms with Gasteiger partial charge in [-0.15, -0.1) is 0 Å². The Morgan fingerprint density at radius 3 is 2.40 bits per heavy atom. The highest BCUT2D eigenvalue weighted by Crippen LogP contribution is 2.18. The van der Waals surface area contributed by atoms with E-state index < -0.39 is 0 Å². The van der Waals surface area contributed by atoms with Crippen LogP contribution in [0.25, 0.3) is 0 Å². The first-order valence-corrected chi connectivity index (χ1v) is 6.85. The molecule has 0 heterocycles. The average Bonchev–Trinajstić information content (AvgIpc) is 2.45. The Balaban J connectivity index is 2.40. The summed E-state index contributed by atoms with van der Waals surface area (Å²) in [6.07, 6.45) is 1.03. The second-order valence-corrected chi connectivity index (χ2v) is 5.70. The third-order valence-electron chi connectivity index (χ3n) is 3.29. The molecule has 20 heavy (non-hydrogen) atoms. The zero-order valence-electron chi connectivity index (χ0n) is 12.9. The van der Waals surface area contributed by atoms with Crippen LogP contribution in [0.3, 0.4) is 0 Å². The zero-order chi connectivity index (χ0) is 15.0. The van der Waals surface area contributed by atoms with Crippen molar-refractivity contribution in [3.05, 3.63) is 35.4 Å². The number of carbonyl (C=O) groups is 1. The van der Waals surface area contributed by atoms with E-state index in [1.165, 1.54) is 7.11 Å². The molecule has 0 aliphatic rings. The molecule has 112 valence electrons. The van der Waals surface area contributed by atoms with Crippen molar-refractivity contribution < 1.29 is 14.3 Å². The maximum absolute atomic E-state index is 11.3. The topological polar surface area (TPSA) is 47.6 Å². The van der Waals surface area contributed by atoms with E-state index in [0.29, 0.717) is 5.56 Å². The summed E-state index contributed by atoms with van der Waals surface area (Å²) < 4.78 is 9.79. The van der Waals surface area contributed by atoms with Crippen LogP contribution >= 0.6 is 0 Å². The van der Waals surface area contributed by atoms with Crippen molar-refractivity contribution in [3.8, 4) is 0 Å². The van der Waals surface area contributed by atoms with E-state index >= 15 is 0 Å². The largest absolute Gasteiger partial charge is 0.465 e. The minimum atomic E-state index is -0.301. The van der Waals surface area contributed by atoms with Crippen LogP contribution in [0.2, 0.25) is 0 Å². The van der Waals surface area contributed by atoms with Gasteiger partial charge < -0.3 is 14.8 Å². The van der Waals surface area contributed by atoms with Gasteiger partial charge in [-0.1, -0.05) is 26.0 Å². The van der Waals surface area contributed by atoms with E-state index in [1.54, 1.807) is 19.2 Å². The highest BCUT2D eigenvalue weighted by molar-refractivity contribution is 5.89. The standard InChI is InChI=1S/C16H25NO3/c1-16(2,9-10-19-3)12-17-11-13-5-7-14(8-6-13)15(18)20-4/h5-8,17H,9-12H2,1-4H3. The first-order valence-electron chi connectivity index (χ1n) is 6.85. The van der Waals surface area contributed by atoms with Crippen molar-refractivity contribution in [3.63, 3.8) is 0 Å². The lowest BCUT2D eigenvalue weighted by Gasteiger charge is -2.24. The van der Waals surface area contributed by atoms with E-state index in [1.807, 2.05) is 12.1 Å². The van der Waals surface area contributed by atoms with Crippen LogP contribution in [0.5, 0.6) is 0 Å². The summed E-state index contributed by atoms with van der Waals surface area (Å²) in [4.78, 5) is 11.3. The summed E-state index contributed by atoms with van der Waals surface area (Å²) in [6.45, 7) is 6.94. The highest BCUT2D eigenvalue weighted by Gasteiger charge is 2.16. The van der Waals surface area contributed by atoms with Gasteiger partial charge in [-0.2, -0.15) is 0 Å². The molecular formula is C16H25NO3. The van der Waals surface area contributed by atoms with Crippen molar-refractivity contribution in [2.75, 3.05) is 27.4 Å². The molecule has 0 spiro atoms. The van der Waals surface area contributed by atoms with Crippen LogP contribution in [0.15, 0.2) is 24.3 Å². The predicted octanol–water partition coefficient (Wildman–Crippen LogP) is 2.63. The van der Waals surface area contributed by atoms with E-state index in [4.69, 9.17) is 4.74 Å². The van der Waals surface area contributed by atoms with E-state index in [9.17, 15) is 4.79 Å². The number of methoxy groups -OCH3 is 2. The first kappa shape index (κ1) is 16.7. The molecule has 0 fully saturated rings. The Hall–Kier alpha value is -1.39. The molecule has 1 rings (SSSR count). The van der Waals surface area contributed by atoms with Crippen molar-refractivity contribution in [2.45, 2.75) is 26.8 Å². The molecule has 0 saturated heterocycles. The molecule has 0 unspecified atom stereocenters. The van der Waals surface area contributed by atoms with Crippen LogP contribution in [0.4, 0.5) is 0 Å². The Kier molecular flexibility index (Phi) is 6.68. The van der Waals surface area contributed by atoms with Crippen LogP contribution in [0, 0.1) is 5.41 Å². The lowest BCUT2D eigenvalue weighted by atomic mass is 9.89. The molecule has 4 heteroatoms. The van der Waals surface area contributed by atoms with Gasteiger partial charge in [0.25, 0.3) is 0 Å². The van der Waals surface area contributed by atoms with E-state index in [2.05, 4.69) is 23.9 Å². The summed E-state index contributed by atoms with van der Waals surface area (Å²) in [5, 5.41) is 3.44. The summed E-state index contributed by atoms with van der Waals surface area (Å²) in [6, 6.07) is 7.47. The quantitative estimate of drug-likeness (QED) is 0.743. The first-order chi connectivity index (χ1) is 9.48. The van der Waals surface area contributed by atoms with Gasteiger partial charge in [-0.05, 0) is 29.5 Å². The highest BCUT2D eigenvalue weighted by atomic mass is 16.5. The van der Waals surface area contributed by atoms with Crippen molar-refractivity contribution in [1.82, 2.24) is 5.32 Å². The summed E-state index contributed by atoms with van der Waals surface area (Å²) >= 11 is 0. The van der Waals surface area contributed by atoms with Crippen LogP contribution < -0.4 is 5.32 Å². The molecular weight excluding hydrogens is 254 g/mol. The number of rotatable bonds is 8. The fourth-order valence-corrected chi connectivity index (χ4v) is 1.89. The van der Waals surface area contributed by atoms with Crippen molar-refractivity contribution in [1.29, 1.82) is 0 Å². The van der Waals surface area contributed by atoms with Gasteiger partial charge in [0.1, 0.15) is 0 Å². The van der Waals surface area contributed by atoms with Gasteiger partial charge >= 0.3 is 5.97 Å². The van der Waals surface area contributed by atoms with Crippen molar-refractivity contribution in [2.24, 2.45) is 5.41 Å². The third kappa shape index (κ3) is 5.72. The predicted molar refractivity (Wildman–Crippen MR) is 79.8 cm³/mol. The smallest absolute Gasteiger partial charge is 0.337 e. The molecule has 0 aliphatic heterocycles. The Labute approximate surface area is 121 Å². The van der Waals surface area contributed by atoms with Gasteiger partial charge in [0.2, 0.25) is 0 Å². The minimum Gasteiger partial charge on any atom is -0.465 e. The fourth-order valence-electron chi connectivity index (χ4n) is 1.89. The molecule has 0 bridgehead atoms. The second kappa shape index (κ2) is 8.02. The second-order valence-electron chi connectivity index (χ2n) is 5.70. The number of ether oxygens (including phenoxy) is 2. The average molecular weight is 279 g/mol. The zero-order valence-corrected chi connectivity index (χ0v) is 12.9. The SMILES string of the molecule is COCCC(C)(C)CNCc1ccc(C(=O)OC)cc1. The lowest BCUT2D eigenvalue weighted by molar-refractivity contribution is 0.0600. The molecule has 0 atom stereocenters. The van der Waals surface area contributed by atoms with E-state index in [-0.39, 0.29) is 11.4 Å². The Morgan fingerprint density at radius 2 is 1.85 bits per heavy atom. The van der Waals surface area contributed by atoms with Gasteiger partial charge in [-0.25, -0.2) is 4.79 Å². The molecule has 1 aromatic rings. The van der Waals surface area contributed by atoms with Crippen LogP contribution in [-0.2, 0) is 16.0 Å². The number of esters is 1. The van der Waals surface area contributed by atoms with Gasteiger partial charge in [0, 0.05) is 26.8 Å². The molecule has 0 radical (unpaired) electrons. The monoisotopic (exact) mass is 279 g/mol. The Bertz CT molecular complexity index is 412. The Morgan fingerprint density at radius 1 is 1.20 bits per heavy atom. The maximum atomic E-state index is 11.3. The summed E-state index contributed by atoms with van der Waals surface area (Å²) in [7, 11) is 3.12. The third-order valence-corrected chi connectivity index (χ3v) is 3.29. The number of nitrogens with one attached hydrogen (secondary N) is 1. The molecule has 1 aromatic carbocycles.